The largest absolute Gasteiger partial charge is 0.407 e. The number of carbonyl (C=O) groups excluding carboxylic acids is 1. The Kier molecular flexibility index (Phi) is 4.53. The van der Waals surface area contributed by atoms with E-state index in [1.807, 2.05) is 24.3 Å². The van der Waals surface area contributed by atoms with Crippen LogP contribution in [0.1, 0.15) is 17.5 Å². The lowest BCUT2D eigenvalue weighted by Gasteiger charge is -2.02. The van der Waals surface area contributed by atoms with Gasteiger partial charge in [-0.1, -0.05) is 48.0 Å². The fourth-order valence-corrected chi connectivity index (χ4v) is 2.47. The molecule has 0 fully saturated rings. The van der Waals surface area contributed by atoms with Crippen molar-refractivity contribution in [3.05, 3.63) is 76.2 Å². The lowest BCUT2D eigenvalue weighted by atomic mass is 10.1. The van der Waals surface area contributed by atoms with Gasteiger partial charge in [0.05, 0.1) is 0 Å². The molecule has 0 N–H and O–H groups in total. The minimum Gasteiger partial charge on any atom is -0.407 e. The highest BCUT2D eigenvalue weighted by Crippen LogP contribution is 2.21. The van der Waals surface area contributed by atoms with Gasteiger partial charge in [-0.2, -0.15) is 0 Å². The summed E-state index contributed by atoms with van der Waals surface area (Å²) in [7, 11) is 0. The van der Waals surface area contributed by atoms with Crippen molar-refractivity contribution >= 4 is 29.5 Å². The summed E-state index contributed by atoms with van der Waals surface area (Å²) in [6, 6.07) is 13.7. The number of rotatable bonds is 4. The first-order valence-corrected chi connectivity index (χ1v) is 7.50. The minimum atomic E-state index is -0.567. The summed E-state index contributed by atoms with van der Waals surface area (Å²) in [5.74, 6) is -0.660. The van der Waals surface area contributed by atoms with Crippen molar-refractivity contribution in [1.82, 2.24) is 0 Å². The van der Waals surface area contributed by atoms with Crippen LogP contribution in [0.2, 0.25) is 5.02 Å². The third-order valence-corrected chi connectivity index (χ3v) is 3.80. The fraction of sp³-hybridized carbons (Fsp3) is 0.111. The highest BCUT2D eigenvalue weighted by atomic mass is 35.5. The minimum absolute atomic E-state index is 0.101. The monoisotopic (exact) mass is 329 g/mol. The van der Waals surface area contributed by atoms with E-state index in [0.29, 0.717) is 29.3 Å². The first-order valence-electron chi connectivity index (χ1n) is 7.13. The Morgan fingerprint density at radius 3 is 2.61 bits per heavy atom. The van der Waals surface area contributed by atoms with E-state index in [4.69, 9.17) is 16.3 Å². The lowest BCUT2D eigenvalue weighted by molar-refractivity contribution is -0.130. The van der Waals surface area contributed by atoms with Gasteiger partial charge in [0, 0.05) is 17.0 Å². The summed E-state index contributed by atoms with van der Waals surface area (Å²) in [4.78, 5) is 16.0. The number of benzene rings is 2. The van der Waals surface area contributed by atoms with Gasteiger partial charge in [-0.3, -0.25) is 0 Å². The third-order valence-electron chi connectivity index (χ3n) is 3.43. The number of ether oxygens (including phenoxy) is 1. The molecule has 0 atom stereocenters. The van der Waals surface area contributed by atoms with E-state index in [0.717, 1.165) is 5.56 Å². The van der Waals surface area contributed by atoms with Crippen molar-refractivity contribution in [2.45, 2.75) is 12.8 Å². The molecule has 0 unspecified atom stereocenters. The Balaban J connectivity index is 1.74. The Morgan fingerprint density at radius 1 is 1.09 bits per heavy atom. The predicted octanol–water partition coefficient (Wildman–Crippen LogP) is 4.41. The molecular weight excluding hydrogens is 317 g/mol. The summed E-state index contributed by atoms with van der Waals surface area (Å²) in [6.45, 7) is 0. The third kappa shape index (κ3) is 3.66. The molecule has 0 saturated heterocycles. The zero-order chi connectivity index (χ0) is 16.2. The Hall–Kier alpha value is -2.46. The van der Waals surface area contributed by atoms with Crippen molar-refractivity contribution in [3.8, 4) is 0 Å². The lowest BCUT2D eigenvalue weighted by Crippen LogP contribution is -2.05. The maximum atomic E-state index is 13.6. The topological polar surface area (TPSA) is 38.7 Å². The smallest absolute Gasteiger partial charge is 0.363 e. The first kappa shape index (κ1) is 15.4. The molecule has 2 aromatic carbocycles. The molecule has 3 rings (SSSR count). The van der Waals surface area contributed by atoms with Crippen molar-refractivity contribution in [2.24, 2.45) is 4.99 Å². The highest BCUT2D eigenvalue weighted by Gasteiger charge is 2.23. The summed E-state index contributed by atoms with van der Waals surface area (Å²) in [5.41, 5.74) is 1.36. The van der Waals surface area contributed by atoms with Crippen molar-refractivity contribution in [1.29, 1.82) is 0 Å². The van der Waals surface area contributed by atoms with Gasteiger partial charge in [-0.25, -0.2) is 14.2 Å². The van der Waals surface area contributed by atoms with Gasteiger partial charge in [0.25, 0.3) is 0 Å². The van der Waals surface area contributed by atoms with Crippen LogP contribution < -0.4 is 0 Å². The second-order valence-corrected chi connectivity index (χ2v) is 5.44. The molecule has 5 heteroatoms. The standard InChI is InChI=1S/C18H13ClFNO2/c19-14-7-3-1-5-12(14)9-10-17-21-16(18(22)23-17)11-13-6-2-4-8-15(13)20/h1-8,11H,9-10H2/b16-11-. The fourth-order valence-electron chi connectivity index (χ4n) is 2.24. The number of hydrogen-bond donors (Lipinski definition) is 0. The molecule has 0 spiro atoms. The molecule has 0 saturated carbocycles. The molecule has 0 radical (unpaired) electrons. The SMILES string of the molecule is O=C1OC(CCc2ccccc2Cl)=N/C1=C\c1ccccc1F. The van der Waals surface area contributed by atoms with Crippen molar-refractivity contribution < 1.29 is 13.9 Å². The maximum absolute atomic E-state index is 13.6. The second-order valence-electron chi connectivity index (χ2n) is 5.04. The molecule has 2 aromatic rings. The van der Waals surface area contributed by atoms with E-state index in [2.05, 4.69) is 4.99 Å². The van der Waals surface area contributed by atoms with Gasteiger partial charge in [-0.15, -0.1) is 0 Å². The van der Waals surface area contributed by atoms with Crippen LogP contribution in [0.4, 0.5) is 4.39 Å². The van der Waals surface area contributed by atoms with Gasteiger partial charge < -0.3 is 4.74 Å². The number of hydrogen-bond acceptors (Lipinski definition) is 3. The zero-order valence-electron chi connectivity index (χ0n) is 12.1. The van der Waals surface area contributed by atoms with Crippen LogP contribution in [0.3, 0.4) is 0 Å². The quantitative estimate of drug-likeness (QED) is 0.615. The Bertz CT molecular complexity index is 814. The highest BCUT2D eigenvalue weighted by molar-refractivity contribution is 6.31. The molecule has 0 aromatic heterocycles. The van der Waals surface area contributed by atoms with Crippen LogP contribution in [-0.2, 0) is 16.0 Å². The number of aryl methyl sites for hydroxylation is 1. The Labute approximate surface area is 138 Å². The van der Waals surface area contributed by atoms with E-state index in [-0.39, 0.29) is 5.70 Å². The van der Waals surface area contributed by atoms with Gasteiger partial charge in [0.2, 0.25) is 0 Å². The molecule has 3 nitrogen and oxygen atoms in total. The van der Waals surface area contributed by atoms with E-state index in [1.54, 1.807) is 18.2 Å². The second kappa shape index (κ2) is 6.75. The molecule has 1 heterocycles. The summed E-state index contributed by atoms with van der Waals surface area (Å²) in [5, 5.41) is 0.666. The average Bonchev–Trinajstić information content (AvgIpc) is 2.89. The van der Waals surface area contributed by atoms with Crippen LogP contribution >= 0.6 is 11.6 Å². The number of nitrogens with zero attached hydrogens (tertiary/aromatic N) is 1. The summed E-state index contributed by atoms with van der Waals surface area (Å²) in [6.07, 6.45) is 2.45. The molecule has 1 aliphatic rings. The van der Waals surface area contributed by atoms with E-state index in [9.17, 15) is 9.18 Å². The molecule has 0 bridgehead atoms. The van der Waals surface area contributed by atoms with Crippen molar-refractivity contribution in [2.75, 3.05) is 0 Å². The molecule has 0 aliphatic carbocycles. The number of carbonyl (C=O) groups is 1. The van der Waals surface area contributed by atoms with Gasteiger partial charge in [0.15, 0.2) is 11.6 Å². The maximum Gasteiger partial charge on any atom is 0.363 e. The molecule has 0 amide bonds. The van der Waals surface area contributed by atoms with Gasteiger partial charge in [0.1, 0.15) is 5.82 Å². The first-order chi connectivity index (χ1) is 11.1. The van der Waals surface area contributed by atoms with Gasteiger partial charge >= 0.3 is 5.97 Å². The van der Waals surface area contributed by atoms with Crippen LogP contribution in [-0.4, -0.2) is 11.9 Å². The zero-order valence-corrected chi connectivity index (χ0v) is 12.9. The van der Waals surface area contributed by atoms with Crippen molar-refractivity contribution in [3.63, 3.8) is 0 Å². The number of aliphatic imine (C=N–C) groups is 1. The summed E-state index contributed by atoms with van der Waals surface area (Å²) >= 11 is 6.09. The van der Waals surface area contributed by atoms with Crippen LogP contribution in [0.25, 0.3) is 6.08 Å². The predicted molar refractivity (Wildman–Crippen MR) is 87.7 cm³/mol. The van der Waals surface area contributed by atoms with Crippen LogP contribution in [0.5, 0.6) is 0 Å². The summed E-state index contributed by atoms with van der Waals surface area (Å²) < 4.78 is 18.7. The molecule has 116 valence electrons. The normalized spacial score (nSPS) is 15.7. The molecular formula is C18H13ClFNO2. The average molecular weight is 330 g/mol. The van der Waals surface area contributed by atoms with Gasteiger partial charge in [-0.05, 0) is 30.2 Å². The Morgan fingerprint density at radius 2 is 1.83 bits per heavy atom. The number of cyclic esters (lactones) is 1. The van der Waals surface area contributed by atoms with Crippen LogP contribution in [0.15, 0.2) is 59.2 Å². The van der Waals surface area contributed by atoms with Crippen LogP contribution in [0, 0.1) is 5.82 Å². The molecule has 1 aliphatic heterocycles. The number of halogens is 2. The number of esters is 1. The van der Waals surface area contributed by atoms with E-state index < -0.39 is 11.8 Å². The van der Waals surface area contributed by atoms with E-state index >= 15 is 0 Å². The molecule has 23 heavy (non-hydrogen) atoms. The van der Waals surface area contributed by atoms with E-state index in [1.165, 1.54) is 12.1 Å².